The normalized spacial score (nSPS) is 10.3. The standard InChI is InChI=1S/C17H17FO3/c1-4-21-15-9-8-12(10-14(15)11(2)19)13-6-5-7-16(20-3)17(13)18/h5-10H,4H2,1-3H3. The number of hydrogen-bond donors (Lipinski definition) is 0. The quantitative estimate of drug-likeness (QED) is 0.777. The Balaban J connectivity index is 2.55. The van der Waals surface area contributed by atoms with Gasteiger partial charge in [-0.3, -0.25) is 4.79 Å². The molecule has 0 aromatic heterocycles. The molecule has 0 saturated carbocycles. The van der Waals surface area contributed by atoms with Crippen molar-refractivity contribution in [3.05, 3.63) is 47.8 Å². The molecule has 2 aromatic rings. The predicted octanol–water partition coefficient (Wildman–Crippen LogP) is 4.10. The van der Waals surface area contributed by atoms with Crippen LogP contribution in [0.2, 0.25) is 0 Å². The van der Waals surface area contributed by atoms with Crippen molar-refractivity contribution >= 4 is 5.78 Å². The minimum atomic E-state index is -0.446. The van der Waals surface area contributed by atoms with Gasteiger partial charge >= 0.3 is 0 Å². The maximum atomic E-state index is 14.3. The SMILES string of the molecule is CCOc1ccc(-c2cccc(OC)c2F)cc1C(C)=O. The highest BCUT2D eigenvalue weighted by Gasteiger charge is 2.14. The third kappa shape index (κ3) is 3.05. The van der Waals surface area contributed by atoms with Crippen molar-refractivity contribution in [3.63, 3.8) is 0 Å². The predicted molar refractivity (Wildman–Crippen MR) is 79.6 cm³/mol. The molecule has 0 fully saturated rings. The summed E-state index contributed by atoms with van der Waals surface area (Å²) in [5.74, 6) is 0.116. The van der Waals surface area contributed by atoms with E-state index >= 15 is 0 Å². The number of methoxy groups -OCH3 is 1. The molecule has 3 nitrogen and oxygen atoms in total. The molecular weight excluding hydrogens is 271 g/mol. The van der Waals surface area contributed by atoms with Crippen LogP contribution in [0, 0.1) is 5.82 Å². The van der Waals surface area contributed by atoms with E-state index in [9.17, 15) is 9.18 Å². The van der Waals surface area contributed by atoms with E-state index in [4.69, 9.17) is 9.47 Å². The van der Waals surface area contributed by atoms with E-state index in [1.54, 1.807) is 36.4 Å². The maximum Gasteiger partial charge on any atom is 0.172 e. The summed E-state index contributed by atoms with van der Waals surface area (Å²) in [5.41, 5.74) is 1.44. The molecule has 0 amide bonds. The Morgan fingerprint density at radius 2 is 1.95 bits per heavy atom. The Morgan fingerprint density at radius 1 is 1.19 bits per heavy atom. The number of carbonyl (C=O) groups excluding carboxylic acids is 1. The van der Waals surface area contributed by atoms with Gasteiger partial charge in [-0.05, 0) is 37.6 Å². The molecule has 0 bridgehead atoms. The third-order valence-corrected chi connectivity index (χ3v) is 3.15. The smallest absolute Gasteiger partial charge is 0.172 e. The molecule has 0 atom stereocenters. The highest BCUT2D eigenvalue weighted by atomic mass is 19.1. The lowest BCUT2D eigenvalue weighted by molar-refractivity contribution is 0.101. The van der Waals surface area contributed by atoms with Gasteiger partial charge in [-0.15, -0.1) is 0 Å². The minimum absolute atomic E-state index is 0.122. The second kappa shape index (κ2) is 6.39. The summed E-state index contributed by atoms with van der Waals surface area (Å²) in [6.45, 7) is 3.77. The van der Waals surface area contributed by atoms with Crippen LogP contribution in [0.15, 0.2) is 36.4 Å². The molecule has 0 radical (unpaired) electrons. The van der Waals surface area contributed by atoms with Gasteiger partial charge in [0.25, 0.3) is 0 Å². The molecule has 0 saturated heterocycles. The van der Waals surface area contributed by atoms with Crippen LogP contribution in [0.5, 0.6) is 11.5 Å². The van der Waals surface area contributed by atoms with Gasteiger partial charge in [0.2, 0.25) is 0 Å². The van der Waals surface area contributed by atoms with Crippen LogP contribution >= 0.6 is 0 Å². The molecule has 0 aliphatic heterocycles. The number of carbonyl (C=O) groups is 1. The average Bonchev–Trinajstić information content (AvgIpc) is 2.48. The Hall–Kier alpha value is -2.36. The lowest BCUT2D eigenvalue weighted by Crippen LogP contribution is -2.01. The maximum absolute atomic E-state index is 14.3. The second-order valence-electron chi connectivity index (χ2n) is 4.52. The first-order chi connectivity index (χ1) is 10.1. The molecule has 0 aliphatic carbocycles. The molecule has 2 rings (SSSR count). The van der Waals surface area contributed by atoms with Gasteiger partial charge in [-0.1, -0.05) is 18.2 Å². The zero-order valence-corrected chi connectivity index (χ0v) is 12.3. The van der Waals surface area contributed by atoms with E-state index in [-0.39, 0.29) is 11.5 Å². The molecule has 21 heavy (non-hydrogen) atoms. The van der Waals surface area contributed by atoms with E-state index in [2.05, 4.69) is 0 Å². The van der Waals surface area contributed by atoms with E-state index in [0.717, 1.165) is 0 Å². The van der Waals surface area contributed by atoms with Gasteiger partial charge in [0, 0.05) is 5.56 Å². The van der Waals surface area contributed by atoms with Crippen LogP contribution in [-0.4, -0.2) is 19.5 Å². The summed E-state index contributed by atoms with van der Waals surface area (Å²) < 4.78 is 24.7. The van der Waals surface area contributed by atoms with Crippen molar-refractivity contribution in [3.8, 4) is 22.6 Å². The number of Topliss-reactive ketones (excluding diaryl/α,β-unsaturated/α-hetero) is 1. The highest BCUT2D eigenvalue weighted by Crippen LogP contribution is 2.32. The molecule has 0 unspecified atom stereocenters. The van der Waals surface area contributed by atoms with Gasteiger partial charge in [-0.2, -0.15) is 0 Å². The minimum Gasteiger partial charge on any atom is -0.494 e. The molecule has 4 heteroatoms. The van der Waals surface area contributed by atoms with Crippen molar-refractivity contribution in [2.24, 2.45) is 0 Å². The number of benzene rings is 2. The summed E-state index contributed by atoms with van der Waals surface area (Å²) in [6, 6.07) is 9.98. The zero-order valence-electron chi connectivity index (χ0n) is 12.3. The fourth-order valence-corrected chi connectivity index (χ4v) is 2.15. The summed E-state index contributed by atoms with van der Waals surface area (Å²) in [5, 5.41) is 0. The number of ether oxygens (including phenoxy) is 2. The van der Waals surface area contributed by atoms with Crippen molar-refractivity contribution in [2.75, 3.05) is 13.7 Å². The Bertz CT molecular complexity index is 665. The summed E-state index contributed by atoms with van der Waals surface area (Å²) >= 11 is 0. The first-order valence-corrected chi connectivity index (χ1v) is 6.69. The van der Waals surface area contributed by atoms with Crippen molar-refractivity contribution in [1.82, 2.24) is 0 Å². The summed E-state index contributed by atoms with van der Waals surface area (Å²) in [4.78, 5) is 11.7. The van der Waals surface area contributed by atoms with Crippen LogP contribution < -0.4 is 9.47 Å². The van der Waals surface area contributed by atoms with Crippen LogP contribution in [0.1, 0.15) is 24.2 Å². The molecule has 0 heterocycles. The fourth-order valence-electron chi connectivity index (χ4n) is 2.15. The topological polar surface area (TPSA) is 35.5 Å². The molecule has 110 valence electrons. The Labute approximate surface area is 123 Å². The first kappa shape index (κ1) is 15.0. The number of hydrogen-bond acceptors (Lipinski definition) is 3. The van der Waals surface area contributed by atoms with Gasteiger partial charge in [0.05, 0.1) is 19.3 Å². The van der Waals surface area contributed by atoms with Crippen molar-refractivity contribution < 1.29 is 18.7 Å². The van der Waals surface area contributed by atoms with Gasteiger partial charge in [-0.25, -0.2) is 4.39 Å². The summed E-state index contributed by atoms with van der Waals surface area (Å²) in [7, 11) is 1.42. The number of rotatable bonds is 5. The van der Waals surface area contributed by atoms with E-state index in [0.29, 0.717) is 29.0 Å². The van der Waals surface area contributed by atoms with Crippen molar-refractivity contribution in [1.29, 1.82) is 0 Å². The molecule has 0 N–H and O–H groups in total. The Kier molecular flexibility index (Phi) is 4.58. The third-order valence-electron chi connectivity index (χ3n) is 3.15. The fraction of sp³-hybridized carbons (Fsp3) is 0.235. The number of ketones is 1. The number of halogens is 1. The lowest BCUT2D eigenvalue weighted by Gasteiger charge is -2.12. The van der Waals surface area contributed by atoms with E-state index in [1.165, 1.54) is 14.0 Å². The summed E-state index contributed by atoms with van der Waals surface area (Å²) in [6.07, 6.45) is 0. The van der Waals surface area contributed by atoms with Crippen molar-refractivity contribution in [2.45, 2.75) is 13.8 Å². The van der Waals surface area contributed by atoms with E-state index < -0.39 is 5.82 Å². The van der Waals surface area contributed by atoms with Crippen LogP contribution in [0.3, 0.4) is 0 Å². The highest BCUT2D eigenvalue weighted by molar-refractivity contribution is 5.98. The van der Waals surface area contributed by atoms with Crippen LogP contribution in [0.25, 0.3) is 11.1 Å². The second-order valence-corrected chi connectivity index (χ2v) is 4.52. The lowest BCUT2D eigenvalue weighted by atomic mass is 10.00. The molecule has 0 aliphatic rings. The van der Waals surface area contributed by atoms with E-state index in [1.807, 2.05) is 6.92 Å². The average molecular weight is 288 g/mol. The Morgan fingerprint density at radius 3 is 2.57 bits per heavy atom. The van der Waals surface area contributed by atoms with Gasteiger partial charge in [0.1, 0.15) is 5.75 Å². The zero-order chi connectivity index (χ0) is 15.4. The molecule has 0 spiro atoms. The largest absolute Gasteiger partial charge is 0.494 e. The molecular formula is C17H17FO3. The van der Waals surface area contributed by atoms with Gasteiger partial charge in [0.15, 0.2) is 17.3 Å². The first-order valence-electron chi connectivity index (χ1n) is 6.69. The van der Waals surface area contributed by atoms with Crippen LogP contribution in [0.4, 0.5) is 4.39 Å². The molecule has 2 aromatic carbocycles. The van der Waals surface area contributed by atoms with Crippen LogP contribution in [-0.2, 0) is 0 Å². The monoisotopic (exact) mass is 288 g/mol. The van der Waals surface area contributed by atoms with Gasteiger partial charge < -0.3 is 9.47 Å².